The average molecular weight is 308 g/mol. The van der Waals surface area contributed by atoms with E-state index in [1.165, 1.54) is 18.4 Å². The summed E-state index contributed by atoms with van der Waals surface area (Å²) in [6, 6.07) is 8.38. The van der Waals surface area contributed by atoms with Crippen LogP contribution in [-0.2, 0) is 11.2 Å². The zero-order valence-electron chi connectivity index (χ0n) is 12.3. The van der Waals surface area contributed by atoms with E-state index in [9.17, 15) is 0 Å². The predicted molar refractivity (Wildman–Crippen MR) is 86.0 cm³/mol. The molecule has 21 heavy (non-hydrogen) atoms. The molecule has 2 aliphatic rings. The molecule has 2 bridgehead atoms. The summed E-state index contributed by atoms with van der Waals surface area (Å²) in [5, 5.41) is 7.63. The minimum atomic E-state index is 0.362. The van der Waals surface area contributed by atoms with E-state index in [2.05, 4.69) is 21.7 Å². The van der Waals surface area contributed by atoms with Gasteiger partial charge in [-0.2, -0.15) is 0 Å². The number of hydrogen-bond acceptors (Lipinski definition) is 2. The molecule has 0 aromatic heterocycles. The highest BCUT2D eigenvalue weighted by Gasteiger charge is 2.41. The van der Waals surface area contributed by atoms with E-state index in [4.69, 9.17) is 16.3 Å². The molecule has 2 fully saturated rings. The number of nitrogens with one attached hydrogen (secondary N) is 2. The number of benzene rings is 1. The Morgan fingerprint density at radius 2 is 2.33 bits per heavy atom. The highest BCUT2D eigenvalue weighted by Crippen LogP contribution is 2.34. The van der Waals surface area contributed by atoms with Crippen LogP contribution in [0.25, 0.3) is 0 Å². The van der Waals surface area contributed by atoms with Gasteiger partial charge in [0.2, 0.25) is 0 Å². The van der Waals surface area contributed by atoms with Gasteiger partial charge in [-0.25, -0.2) is 0 Å². The molecule has 3 atom stereocenters. The highest BCUT2D eigenvalue weighted by molar-refractivity contribution is 6.30. The van der Waals surface area contributed by atoms with Gasteiger partial charge in [-0.05, 0) is 43.4 Å². The molecule has 0 radical (unpaired) electrons. The van der Waals surface area contributed by atoms with E-state index in [0.717, 1.165) is 30.4 Å². The number of halogens is 1. The van der Waals surface area contributed by atoms with Crippen LogP contribution in [0.1, 0.15) is 24.8 Å². The van der Waals surface area contributed by atoms with E-state index < -0.39 is 0 Å². The molecular weight excluding hydrogens is 286 g/mol. The average Bonchev–Trinajstić information content (AvgIpc) is 3.09. The molecule has 3 rings (SSSR count). The molecule has 0 amide bonds. The van der Waals surface area contributed by atoms with Crippen molar-refractivity contribution in [2.24, 2.45) is 4.99 Å². The minimum Gasteiger partial charge on any atom is -0.373 e. The number of aliphatic imine (C=N–C) groups is 1. The number of guanidine groups is 1. The molecule has 2 saturated heterocycles. The van der Waals surface area contributed by atoms with Crippen LogP contribution in [0.4, 0.5) is 0 Å². The Balaban J connectivity index is 1.45. The molecule has 114 valence electrons. The Bertz CT molecular complexity index is 520. The monoisotopic (exact) mass is 307 g/mol. The molecule has 4 nitrogen and oxygen atoms in total. The van der Waals surface area contributed by atoms with Gasteiger partial charge < -0.3 is 15.4 Å². The van der Waals surface area contributed by atoms with Crippen LogP contribution in [0.2, 0.25) is 5.02 Å². The van der Waals surface area contributed by atoms with Gasteiger partial charge in [0.05, 0.1) is 18.2 Å². The van der Waals surface area contributed by atoms with Crippen LogP contribution in [0.5, 0.6) is 0 Å². The molecule has 0 spiro atoms. The smallest absolute Gasteiger partial charge is 0.191 e. The van der Waals surface area contributed by atoms with Gasteiger partial charge in [0, 0.05) is 18.6 Å². The third-order valence-corrected chi connectivity index (χ3v) is 4.48. The molecular formula is C16H22ClN3O. The second-order valence-electron chi connectivity index (χ2n) is 5.74. The number of ether oxygens (including phenoxy) is 1. The van der Waals surface area contributed by atoms with Crippen LogP contribution in [0, 0.1) is 0 Å². The first-order valence-electron chi connectivity index (χ1n) is 7.61. The van der Waals surface area contributed by atoms with Crippen LogP contribution < -0.4 is 10.6 Å². The van der Waals surface area contributed by atoms with Gasteiger partial charge >= 0.3 is 0 Å². The molecule has 0 saturated carbocycles. The van der Waals surface area contributed by atoms with Crippen molar-refractivity contribution >= 4 is 17.6 Å². The summed E-state index contributed by atoms with van der Waals surface area (Å²) in [6.07, 6.45) is 5.22. The van der Waals surface area contributed by atoms with Crippen LogP contribution in [0.15, 0.2) is 29.3 Å². The van der Waals surface area contributed by atoms with Crippen molar-refractivity contribution in [3.63, 3.8) is 0 Å². The Kier molecular flexibility index (Phi) is 4.66. The number of rotatable bonds is 4. The van der Waals surface area contributed by atoms with Gasteiger partial charge in [-0.3, -0.25) is 4.99 Å². The Morgan fingerprint density at radius 3 is 3.00 bits per heavy atom. The SMILES string of the molecule is CN=C(NCCc1cccc(Cl)c1)NC1CC2CCC1O2. The van der Waals surface area contributed by atoms with Crippen LogP contribution in [-0.4, -0.2) is 37.8 Å². The minimum absolute atomic E-state index is 0.362. The van der Waals surface area contributed by atoms with Gasteiger partial charge in [0.25, 0.3) is 0 Å². The van der Waals surface area contributed by atoms with Crippen molar-refractivity contribution in [1.82, 2.24) is 10.6 Å². The quantitative estimate of drug-likeness (QED) is 0.663. The first-order chi connectivity index (χ1) is 10.2. The molecule has 2 heterocycles. The first kappa shape index (κ1) is 14.7. The summed E-state index contributed by atoms with van der Waals surface area (Å²) in [7, 11) is 1.81. The fraction of sp³-hybridized carbons (Fsp3) is 0.562. The van der Waals surface area contributed by atoms with E-state index >= 15 is 0 Å². The molecule has 1 aromatic carbocycles. The lowest BCUT2D eigenvalue weighted by atomic mass is 9.96. The summed E-state index contributed by atoms with van der Waals surface area (Å²) in [5.74, 6) is 0.859. The first-order valence-corrected chi connectivity index (χ1v) is 7.99. The van der Waals surface area contributed by atoms with Crippen LogP contribution in [0.3, 0.4) is 0 Å². The second-order valence-corrected chi connectivity index (χ2v) is 6.18. The third kappa shape index (κ3) is 3.69. The zero-order valence-corrected chi connectivity index (χ0v) is 13.1. The Morgan fingerprint density at radius 1 is 1.43 bits per heavy atom. The molecule has 5 heteroatoms. The van der Waals surface area contributed by atoms with Crippen molar-refractivity contribution in [2.45, 2.75) is 43.9 Å². The molecule has 0 aliphatic carbocycles. The summed E-state index contributed by atoms with van der Waals surface area (Å²) in [6.45, 7) is 0.835. The number of hydrogen-bond donors (Lipinski definition) is 2. The van der Waals surface area contributed by atoms with Gasteiger partial charge in [-0.1, -0.05) is 23.7 Å². The van der Waals surface area contributed by atoms with Gasteiger partial charge in [0.15, 0.2) is 5.96 Å². The van der Waals surface area contributed by atoms with Crippen molar-refractivity contribution in [1.29, 1.82) is 0 Å². The van der Waals surface area contributed by atoms with Gasteiger partial charge in [-0.15, -0.1) is 0 Å². The zero-order chi connectivity index (χ0) is 14.7. The predicted octanol–water partition coefficient (Wildman–Crippen LogP) is 2.37. The highest BCUT2D eigenvalue weighted by atomic mass is 35.5. The maximum Gasteiger partial charge on any atom is 0.191 e. The maximum absolute atomic E-state index is 5.99. The van der Waals surface area contributed by atoms with Crippen molar-refractivity contribution in [2.75, 3.05) is 13.6 Å². The normalized spacial score (nSPS) is 27.9. The fourth-order valence-electron chi connectivity index (χ4n) is 3.18. The largest absolute Gasteiger partial charge is 0.373 e. The van der Waals surface area contributed by atoms with E-state index in [1.54, 1.807) is 0 Å². The van der Waals surface area contributed by atoms with Crippen LogP contribution >= 0.6 is 11.6 Å². The Labute approximate surface area is 130 Å². The molecule has 2 N–H and O–H groups in total. The van der Waals surface area contributed by atoms with Gasteiger partial charge in [0.1, 0.15) is 0 Å². The van der Waals surface area contributed by atoms with E-state index in [0.29, 0.717) is 18.2 Å². The lowest BCUT2D eigenvalue weighted by molar-refractivity contribution is 0.0992. The molecule has 3 unspecified atom stereocenters. The number of nitrogens with zero attached hydrogens (tertiary/aromatic N) is 1. The van der Waals surface area contributed by atoms with Crippen molar-refractivity contribution in [3.05, 3.63) is 34.9 Å². The molecule has 2 aliphatic heterocycles. The second kappa shape index (κ2) is 6.67. The molecule has 1 aromatic rings. The third-order valence-electron chi connectivity index (χ3n) is 4.25. The topological polar surface area (TPSA) is 45.7 Å². The Hall–Kier alpha value is -1.26. The summed E-state index contributed by atoms with van der Waals surface area (Å²) >= 11 is 5.99. The lowest BCUT2D eigenvalue weighted by Crippen LogP contribution is -2.47. The summed E-state index contributed by atoms with van der Waals surface area (Å²) in [4.78, 5) is 4.30. The summed E-state index contributed by atoms with van der Waals surface area (Å²) < 4.78 is 5.86. The number of fused-ring (bicyclic) bond motifs is 2. The fourth-order valence-corrected chi connectivity index (χ4v) is 3.39. The lowest BCUT2D eigenvalue weighted by Gasteiger charge is -2.22. The summed E-state index contributed by atoms with van der Waals surface area (Å²) in [5.41, 5.74) is 1.23. The standard InChI is InChI=1S/C16H22ClN3O/c1-18-16(20-14-10-13-5-6-15(14)21-13)19-8-7-11-3-2-4-12(17)9-11/h2-4,9,13-15H,5-8,10H2,1H3,(H2,18,19,20). The van der Waals surface area contributed by atoms with E-state index in [-0.39, 0.29) is 0 Å². The van der Waals surface area contributed by atoms with Crippen molar-refractivity contribution < 1.29 is 4.74 Å². The van der Waals surface area contributed by atoms with E-state index in [1.807, 2.05) is 25.2 Å². The maximum atomic E-state index is 5.99. The van der Waals surface area contributed by atoms with Crippen molar-refractivity contribution in [3.8, 4) is 0 Å².